The summed E-state index contributed by atoms with van der Waals surface area (Å²) in [6.45, 7) is 2.62. The van der Waals surface area contributed by atoms with Gasteiger partial charge >= 0.3 is 0 Å². The molecule has 0 unspecified atom stereocenters. The van der Waals surface area contributed by atoms with E-state index in [1.54, 1.807) is 0 Å². The number of rotatable bonds is 5. The first-order valence-corrected chi connectivity index (χ1v) is 4.33. The molecule has 14 heavy (non-hydrogen) atoms. The lowest BCUT2D eigenvalue weighted by molar-refractivity contribution is 0.340. The average Bonchev–Trinajstić information content (AvgIpc) is 2.21. The van der Waals surface area contributed by atoms with Crippen LogP contribution in [0.4, 0.5) is 5.69 Å². The minimum absolute atomic E-state index is 0.668. The predicted molar refractivity (Wildman–Crippen MR) is 56.2 cm³/mol. The third-order valence-corrected chi connectivity index (χ3v) is 1.51. The minimum atomic E-state index is 0.668. The van der Waals surface area contributed by atoms with Crippen LogP contribution in [0.25, 0.3) is 0 Å². The SMILES string of the molecule is CCOc1ccc(N=CNNN)cc1. The van der Waals surface area contributed by atoms with E-state index >= 15 is 0 Å². The summed E-state index contributed by atoms with van der Waals surface area (Å²) in [6, 6.07) is 7.46. The molecule has 0 aromatic heterocycles. The highest BCUT2D eigenvalue weighted by Crippen LogP contribution is 2.17. The van der Waals surface area contributed by atoms with Crippen molar-refractivity contribution in [2.75, 3.05) is 6.61 Å². The molecule has 0 saturated carbocycles. The van der Waals surface area contributed by atoms with E-state index in [9.17, 15) is 0 Å². The highest BCUT2D eigenvalue weighted by atomic mass is 16.5. The van der Waals surface area contributed by atoms with E-state index in [-0.39, 0.29) is 0 Å². The Kier molecular flexibility index (Phi) is 4.46. The Bertz CT molecular complexity index is 283. The van der Waals surface area contributed by atoms with Crippen LogP contribution in [0.3, 0.4) is 0 Å². The van der Waals surface area contributed by atoms with Crippen LogP contribution in [0.15, 0.2) is 29.3 Å². The van der Waals surface area contributed by atoms with Gasteiger partial charge in [-0.3, -0.25) is 11.3 Å². The van der Waals surface area contributed by atoms with Crippen LogP contribution in [0, 0.1) is 0 Å². The van der Waals surface area contributed by atoms with Crippen LogP contribution < -0.4 is 21.5 Å². The fourth-order valence-corrected chi connectivity index (χ4v) is 0.939. The summed E-state index contributed by atoms with van der Waals surface area (Å²) < 4.78 is 5.29. The summed E-state index contributed by atoms with van der Waals surface area (Å²) in [5.41, 5.74) is 5.62. The lowest BCUT2D eigenvalue weighted by atomic mass is 10.3. The zero-order valence-electron chi connectivity index (χ0n) is 8.03. The molecule has 0 radical (unpaired) electrons. The monoisotopic (exact) mass is 194 g/mol. The molecule has 0 heterocycles. The van der Waals surface area contributed by atoms with Gasteiger partial charge in [-0.05, 0) is 31.2 Å². The average molecular weight is 194 g/mol. The molecule has 0 bridgehead atoms. The van der Waals surface area contributed by atoms with Crippen LogP contribution in [0.2, 0.25) is 0 Å². The summed E-state index contributed by atoms with van der Waals surface area (Å²) in [5, 5.41) is 0. The lowest BCUT2D eigenvalue weighted by Gasteiger charge is -2.01. The molecule has 0 aliphatic rings. The van der Waals surface area contributed by atoms with Crippen LogP contribution in [0.5, 0.6) is 5.75 Å². The smallest absolute Gasteiger partial charge is 0.119 e. The van der Waals surface area contributed by atoms with E-state index in [2.05, 4.69) is 16.0 Å². The van der Waals surface area contributed by atoms with Gasteiger partial charge in [0.25, 0.3) is 0 Å². The number of hydrogen-bond acceptors (Lipinski definition) is 4. The first-order chi connectivity index (χ1) is 6.86. The molecule has 0 amide bonds. The molecular weight excluding hydrogens is 180 g/mol. The molecule has 0 atom stereocenters. The maximum atomic E-state index is 5.29. The quantitative estimate of drug-likeness (QED) is 0.279. The number of aliphatic imine (C=N–C) groups is 1. The number of hydrazine groups is 2. The van der Waals surface area contributed by atoms with E-state index < -0.39 is 0 Å². The van der Waals surface area contributed by atoms with Crippen molar-refractivity contribution in [1.82, 2.24) is 11.0 Å². The first-order valence-electron chi connectivity index (χ1n) is 4.33. The third-order valence-electron chi connectivity index (χ3n) is 1.51. The van der Waals surface area contributed by atoms with Gasteiger partial charge < -0.3 is 4.74 Å². The molecule has 1 aromatic rings. The van der Waals surface area contributed by atoms with Crippen molar-refractivity contribution in [3.8, 4) is 5.75 Å². The van der Waals surface area contributed by atoms with Crippen LogP contribution in [-0.4, -0.2) is 12.9 Å². The molecule has 5 heteroatoms. The van der Waals surface area contributed by atoms with E-state index in [1.807, 2.05) is 31.2 Å². The van der Waals surface area contributed by atoms with Crippen molar-refractivity contribution < 1.29 is 4.74 Å². The Morgan fingerprint density at radius 1 is 1.43 bits per heavy atom. The van der Waals surface area contributed by atoms with Crippen LogP contribution >= 0.6 is 0 Å². The van der Waals surface area contributed by atoms with Crippen LogP contribution in [-0.2, 0) is 0 Å². The number of nitrogens with zero attached hydrogens (tertiary/aromatic N) is 1. The number of nitrogens with two attached hydrogens (primary N) is 1. The van der Waals surface area contributed by atoms with Crippen molar-refractivity contribution >= 4 is 12.0 Å². The maximum absolute atomic E-state index is 5.29. The Morgan fingerprint density at radius 2 is 2.14 bits per heavy atom. The molecule has 4 N–H and O–H groups in total. The van der Waals surface area contributed by atoms with Gasteiger partial charge in [0.15, 0.2) is 0 Å². The fourth-order valence-electron chi connectivity index (χ4n) is 0.939. The Morgan fingerprint density at radius 3 is 2.71 bits per heavy atom. The lowest BCUT2D eigenvalue weighted by Crippen LogP contribution is -2.36. The zero-order chi connectivity index (χ0) is 10.2. The highest BCUT2D eigenvalue weighted by Gasteiger charge is 1.91. The second kappa shape index (κ2) is 5.95. The van der Waals surface area contributed by atoms with Gasteiger partial charge in [-0.25, -0.2) is 4.99 Å². The summed E-state index contributed by atoms with van der Waals surface area (Å²) in [6.07, 6.45) is 1.47. The van der Waals surface area contributed by atoms with Gasteiger partial charge in [0.2, 0.25) is 0 Å². The molecule has 0 fully saturated rings. The summed E-state index contributed by atoms with van der Waals surface area (Å²) in [5.74, 6) is 5.83. The topological polar surface area (TPSA) is 71.7 Å². The standard InChI is InChI=1S/C9H14N4O/c1-2-14-9-5-3-8(4-6-9)11-7-12-13-10/h3-7,13H,2,10H2,1H3,(H,11,12). The van der Waals surface area contributed by atoms with Crippen molar-refractivity contribution in [2.45, 2.75) is 6.92 Å². The van der Waals surface area contributed by atoms with E-state index in [4.69, 9.17) is 10.6 Å². The fraction of sp³-hybridized carbons (Fsp3) is 0.222. The van der Waals surface area contributed by atoms with Gasteiger partial charge in [-0.15, -0.1) is 0 Å². The number of nitrogens with one attached hydrogen (secondary N) is 2. The Labute approximate surface area is 82.9 Å². The highest BCUT2D eigenvalue weighted by molar-refractivity contribution is 5.60. The molecule has 5 nitrogen and oxygen atoms in total. The maximum Gasteiger partial charge on any atom is 0.119 e. The Balaban J connectivity index is 2.54. The number of hydrogen-bond donors (Lipinski definition) is 3. The molecule has 76 valence electrons. The summed E-state index contributed by atoms with van der Waals surface area (Å²) >= 11 is 0. The first kappa shape index (κ1) is 10.5. The summed E-state index contributed by atoms with van der Waals surface area (Å²) in [7, 11) is 0. The molecule has 0 aliphatic carbocycles. The minimum Gasteiger partial charge on any atom is -0.494 e. The van der Waals surface area contributed by atoms with Gasteiger partial charge in [0, 0.05) is 0 Å². The Hall–Kier alpha value is -1.59. The van der Waals surface area contributed by atoms with Gasteiger partial charge in [-0.2, -0.15) is 5.53 Å². The largest absolute Gasteiger partial charge is 0.494 e. The molecule has 0 spiro atoms. The van der Waals surface area contributed by atoms with Gasteiger partial charge in [-0.1, -0.05) is 0 Å². The van der Waals surface area contributed by atoms with E-state index in [0.717, 1.165) is 11.4 Å². The molecule has 1 aromatic carbocycles. The van der Waals surface area contributed by atoms with Crippen molar-refractivity contribution in [3.05, 3.63) is 24.3 Å². The zero-order valence-corrected chi connectivity index (χ0v) is 8.03. The van der Waals surface area contributed by atoms with E-state index in [0.29, 0.717) is 6.61 Å². The van der Waals surface area contributed by atoms with Gasteiger partial charge in [0.05, 0.1) is 12.3 Å². The van der Waals surface area contributed by atoms with Gasteiger partial charge in [0.1, 0.15) is 12.1 Å². The second-order valence-corrected chi connectivity index (χ2v) is 2.47. The van der Waals surface area contributed by atoms with Crippen molar-refractivity contribution in [1.29, 1.82) is 0 Å². The third kappa shape index (κ3) is 3.42. The number of ether oxygens (including phenoxy) is 1. The van der Waals surface area contributed by atoms with Crippen molar-refractivity contribution in [2.24, 2.45) is 10.8 Å². The normalized spacial score (nSPS) is 10.4. The van der Waals surface area contributed by atoms with Crippen LogP contribution in [0.1, 0.15) is 6.92 Å². The number of benzene rings is 1. The molecule has 0 aliphatic heterocycles. The second-order valence-electron chi connectivity index (χ2n) is 2.47. The summed E-state index contributed by atoms with van der Waals surface area (Å²) in [4.78, 5) is 4.06. The van der Waals surface area contributed by atoms with Crippen molar-refractivity contribution in [3.63, 3.8) is 0 Å². The van der Waals surface area contributed by atoms with E-state index in [1.165, 1.54) is 6.34 Å². The molecular formula is C9H14N4O. The molecule has 1 rings (SSSR count). The molecule has 0 saturated heterocycles. The predicted octanol–water partition coefficient (Wildman–Crippen LogP) is 0.713.